The van der Waals surface area contributed by atoms with Crippen molar-refractivity contribution in [3.05, 3.63) is 72.9 Å². The first-order valence-corrected chi connectivity index (χ1v) is 19.0. The second-order valence-electron chi connectivity index (χ2n) is 13.0. The molecule has 0 aliphatic heterocycles. The maximum atomic E-state index is 11.9. The van der Waals surface area contributed by atoms with E-state index >= 15 is 0 Å². The predicted octanol–water partition coefficient (Wildman–Crippen LogP) is 10.6. The number of allylic oxidation sites excluding steroid dienone is 10. The van der Waals surface area contributed by atoms with Gasteiger partial charge >= 0.3 is 11.9 Å². The molecule has 1 unspecified atom stereocenters. The van der Waals surface area contributed by atoms with Gasteiger partial charge in [-0.25, -0.2) is 0 Å². The van der Waals surface area contributed by atoms with Gasteiger partial charge in [0.05, 0.1) is 6.10 Å². The number of hydrogen-bond donors (Lipinski definition) is 2. The molecule has 6 nitrogen and oxygen atoms in total. The van der Waals surface area contributed by atoms with Gasteiger partial charge in [0.25, 0.3) is 0 Å². The van der Waals surface area contributed by atoms with E-state index in [1.165, 1.54) is 57.8 Å². The van der Waals surface area contributed by atoms with Crippen LogP contribution in [0.4, 0.5) is 0 Å². The zero-order valence-corrected chi connectivity index (χ0v) is 30.7. The van der Waals surface area contributed by atoms with Crippen molar-refractivity contribution in [3.63, 3.8) is 0 Å². The van der Waals surface area contributed by atoms with E-state index in [9.17, 15) is 19.8 Å². The Bertz CT molecular complexity index is 926. The molecule has 0 aromatic carbocycles. The lowest BCUT2D eigenvalue weighted by atomic mass is 10.0. The monoisotopic (exact) mass is 671 g/mol. The minimum absolute atomic E-state index is 0.151. The zero-order chi connectivity index (χ0) is 35.3. The molecule has 0 aliphatic rings. The van der Waals surface area contributed by atoms with Gasteiger partial charge in [0.2, 0.25) is 0 Å². The number of aliphatic hydroxyl groups excluding tert-OH is 2. The van der Waals surface area contributed by atoms with Crippen LogP contribution in [0.1, 0.15) is 149 Å². The van der Waals surface area contributed by atoms with Crippen molar-refractivity contribution in [1.29, 1.82) is 0 Å². The Morgan fingerprint density at radius 1 is 0.583 bits per heavy atom. The summed E-state index contributed by atoms with van der Waals surface area (Å²) in [4.78, 5) is 23.9. The van der Waals surface area contributed by atoms with Gasteiger partial charge in [0.15, 0.2) is 0 Å². The third-order valence-corrected chi connectivity index (χ3v) is 7.73. The molecule has 0 aliphatic carbocycles. The zero-order valence-electron chi connectivity index (χ0n) is 30.7. The van der Waals surface area contributed by atoms with E-state index in [2.05, 4.69) is 57.2 Å². The molecule has 0 saturated carbocycles. The summed E-state index contributed by atoms with van der Waals surface area (Å²) >= 11 is 0. The summed E-state index contributed by atoms with van der Waals surface area (Å²) in [5.74, 6) is 0.141. The lowest BCUT2D eigenvalue weighted by Crippen LogP contribution is -2.25. The number of carbonyl (C=O) groups excluding carboxylic acids is 2. The van der Waals surface area contributed by atoms with Gasteiger partial charge in [0, 0.05) is 12.8 Å². The van der Waals surface area contributed by atoms with Crippen LogP contribution in [0.3, 0.4) is 0 Å². The van der Waals surface area contributed by atoms with Gasteiger partial charge in [-0.1, -0.05) is 164 Å². The number of ether oxygens (including phenoxy) is 2. The number of unbranched alkanes of at least 4 members (excludes halogenated alkanes) is 10. The quantitative estimate of drug-likeness (QED) is 0.0320. The van der Waals surface area contributed by atoms with Crippen LogP contribution in [-0.2, 0) is 19.1 Å². The van der Waals surface area contributed by atoms with E-state index in [0.29, 0.717) is 19.3 Å². The standard InChI is InChI=1S/C42H70O6/c1-4-5-26-32-39(43)33-28-23-19-15-11-7-6-8-12-16-20-24-29-34-41(45)47-36-40(44)37-48-42(46)35-30-25-21-17-13-9-10-14-18-22-27-31-38(2)3/h5,7-8,11-12,19-20,23-24,26,28,33,38-40,43-44H,4,6,9-10,13-18,21-22,25,27,29-32,34-37H2,1-3H3/b11-7-,12-8-,23-19+,24-20-,26-5-,33-28+/t39?,40-/m0/s1. The Morgan fingerprint density at radius 3 is 1.65 bits per heavy atom. The number of hydrogen-bond acceptors (Lipinski definition) is 6. The SMILES string of the molecule is CC/C=C\CC(O)/C=C/C=C/C/C=C\C/C=C\C/C=C\CCC(=O)OC[C@H](O)COC(=O)CCCCCCCCCCCCCC(C)C. The fraction of sp³-hybridized carbons (Fsp3) is 0.667. The third kappa shape index (κ3) is 36.1. The molecule has 2 atom stereocenters. The Morgan fingerprint density at radius 2 is 1.08 bits per heavy atom. The first kappa shape index (κ1) is 45.3. The van der Waals surface area contributed by atoms with Crippen molar-refractivity contribution >= 4 is 11.9 Å². The van der Waals surface area contributed by atoms with Crippen molar-refractivity contribution in [2.75, 3.05) is 13.2 Å². The van der Waals surface area contributed by atoms with Gasteiger partial charge in [-0.05, 0) is 50.9 Å². The van der Waals surface area contributed by atoms with Crippen molar-refractivity contribution in [1.82, 2.24) is 0 Å². The number of aliphatic hydroxyl groups is 2. The summed E-state index contributed by atoms with van der Waals surface area (Å²) in [5, 5.41) is 19.8. The average Bonchev–Trinajstić information content (AvgIpc) is 3.06. The molecule has 274 valence electrons. The largest absolute Gasteiger partial charge is 0.463 e. The van der Waals surface area contributed by atoms with Gasteiger partial charge in [0.1, 0.15) is 19.3 Å². The fourth-order valence-corrected chi connectivity index (χ4v) is 4.85. The Balaban J connectivity index is 3.65. The summed E-state index contributed by atoms with van der Waals surface area (Å²) in [7, 11) is 0. The molecule has 0 fully saturated rings. The van der Waals surface area contributed by atoms with Gasteiger partial charge < -0.3 is 19.7 Å². The second-order valence-corrected chi connectivity index (χ2v) is 13.0. The number of esters is 2. The molecule has 0 amide bonds. The molecule has 0 heterocycles. The molecular formula is C42H70O6. The van der Waals surface area contributed by atoms with E-state index in [4.69, 9.17) is 9.47 Å². The number of rotatable bonds is 32. The average molecular weight is 671 g/mol. The maximum absolute atomic E-state index is 11.9. The molecule has 0 aromatic heterocycles. The van der Waals surface area contributed by atoms with Crippen molar-refractivity contribution < 1.29 is 29.3 Å². The van der Waals surface area contributed by atoms with E-state index < -0.39 is 12.2 Å². The lowest BCUT2D eigenvalue weighted by molar-refractivity contribution is -0.152. The number of carbonyl (C=O) groups is 2. The van der Waals surface area contributed by atoms with Crippen LogP contribution in [0.5, 0.6) is 0 Å². The minimum Gasteiger partial charge on any atom is -0.463 e. The van der Waals surface area contributed by atoms with Crippen LogP contribution in [0.2, 0.25) is 0 Å². The predicted molar refractivity (Wildman–Crippen MR) is 202 cm³/mol. The highest BCUT2D eigenvalue weighted by Gasteiger charge is 2.11. The molecule has 48 heavy (non-hydrogen) atoms. The van der Waals surface area contributed by atoms with Crippen LogP contribution in [0, 0.1) is 5.92 Å². The normalized spacial score (nSPS) is 13.8. The molecule has 0 aromatic rings. The van der Waals surface area contributed by atoms with E-state index in [1.807, 2.05) is 30.4 Å². The van der Waals surface area contributed by atoms with Crippen molar-refractivity contribution in [3.8, 4) is 0 Å². The molecule has 0 saturated heterocycles. The topological polar surface area (TPSA) is 93.1 Å². The molecule has 0 radical (unpaired) electrons. The maximum Gasteiger partial charge on any atom is 0.306 e. The van der Waals surface area contributed by atoms with E-state index in [-0.39, 0.29) is 31.6 Å². The highest BCUT2D eigenvalue weighted by Crippen LogP contribution is 2.14. The third-order valence-electron chi connectivity index (χ3n) is 7.73. The molecule has 6 heteroatoms. The highest BCUT2D eigenvalue weighted by atomic mass is 16.6. The lowest BCUT2D eigenvalue weighted by Gasteiger charge is -2.12. The molecular weight excluding hydrogens is 600 g/mol. The summed E-state index contributed by atoms with van der Waals surface area (Å²) < 4.78 is 10.2. The van der Waals surface area contributed by atoms with Gasteiger partial charge in [-0.15, -0.1) is 0 Å². The molecule has 2 N–H and O–H groups in total. The summed E-state index contributed by atoms with van der Waals surface area (Å²) in [6.07, 6.45) is 43.0. The Labute approximate surface area is 294 Å². The second kappa shape index (κ2) is 35.6. The smallest absolute Gasteiger partial charge is 0.306 e. The van der Waals surface area contributed by atoms with Crippen LogP contribution < -0.4 is 0 Å². The van der Waals surface area contributed by atoms with E-state index in [1.54, 1.807) is 6.08 Å². The first-order valence-electron chi connectivity index (χ1n) is 19.0. The molecule has 0 bridgehead atoms. The molecule has 0 rings (SSSR count). The fourth-order valence-electron chi connectivity index (χ4n) is 4.85. The Kier molecular flexibility index (Phi) is 33.6. The van der Waals surface area contributed by atoms with Crippen LogP contribution in [0.15, 0.2) is 72.9 Å². The van der Waals surface area contributed by atoms with Crippen LogP contribution in [-0.4, -0.2) is 47.6 Å². The van der Waals surface area contributed by atoms with Gasteiger partial charge in [-0.3, -0.25) is 9.59 Å². The van der Waals surface area contributed by atoms with Crippen molar-refractivity contribution in [2.24, 2.45) is 5.92 Å². The molecule has 0 spiro atoms. The van der Waals surface area contributed by atoms with Crippen LogP contribution >= 0.6 is 0 Å². The van der Waals surface area contributed by atoms with Gasteiger partial charge in [-0.2, -0.15) is 0 Å². The highest BCUT2D eigenvalue weighted by molar-refractivity contribution is 5.70. The minimum atomic E-state index is -1.01. The summed E-state index contributed by atoms with van der Waals surface area (Å²) in [6, 6.07) is 0. The van der Waals surface area contributed by atoms with E-state index in [0.717, 1.165) is 50.9 Å². The van der Waals surface area contributed by atoms with Crippen LogP contribution in [0.25, 0.3) is 0 Å². The summed E-state index contributed by atoms with van der Waals surface area (Å²) in [6.45, 7) is 6.35. The van der Waals surface area contributed by atoms with Crippen molar-refractivity contribution in [2.45, 2.75) is 161 Å². The Hall–Kier alpha value is -2.70. The first-order chi connectivity index (χ1) is 23.3. The summed E-state index contributed by atoms with van der Waals surface area (Å²) in [5.41, 5.74) is 0.